The lowest BCUT2D eigenvalue weighted by Crippen LogP contribution is -2.06. The molecule has 1 atom stereocenters. The van der Waals surface area contributed by atoms with Gasteiger partial charge in [-0.25, -0.2) is 0 Å². The molecule has 0 radical (unpaired) electrons. The van der Waals surface area contributed by atoms with Crippen molar-refractivity contribution in [2.45, 2.75) is 59.4 Å². The molecule has 180 valence electrons. The summed E-state index contributed by atoms with van der Waals surface area (Å²) in [4.78, 5) is 6.53. The largest absolute Gasteiger partial charge is 0.272 e. The van der Waals surface area contributed by atoms with Crippen LogP contribution in [0.25, 0.3) is 5.00 Å². The Bertz CT molecular complexity index is 1360. The molecular weight excluding hydrogens is 472 g/mol. The highest BCUT2D eigenvalue weighted by Crippen LogP contribution is 2.38. The molecule has 0 spiro atoms. The minimum absolute atomic E-state index is 0.0603. The molecule has 0 aliphatic carbocycles. The van der Waals surface area contributed by atoms with Crippen LogP contribution in [0.15, 0.2) is 59.6 Å². The monoisotopic (exact) mass is 502 g/mol. The summed E-state index contributed by atoms with van der Waals surface area (Å²) in [5, 5.41) is 10.8. The minimum Gasteiger partial charge on any atom is -0.272 e. The SMILES string of the molecule is CCC1N=C(c2ccccc2Cl)c2cc(CCc3ccc(CC(C)C)cc3)sc2-n2c(C)nnc21. The summed E-state index contributed by atoms with van der Waals surface area (Å²) in [5.41, 5.74) is 5.81. The quantitative estimate of drug-likeness (QED) is 0.261. The fraction of sp³-hybridized carbons (Fsp3) is 0.345. The van der Waals surface area contributed by atoms with Crippen LogP contribution in [0, 0.1) is 12.8 Å². The number of aliphatic imine (C=N–C) groups is 1. The van der Waals surface area contributed by atoms with Crippen LogP contribution in [0.2, 0.25) is 5.02 Å². The number of thiophene rings is 1. The number of halogens is 1. The Balaban J connectivity index is 1.51. The normalized spacial score (nSPS) is 15.0. The van der Waals surface area contributed by atoms with Gasteiger partial charge in [0.05, 0.1) is 5.71 Å². The predicted octanol–water partition coefficient (Wildman–Crippen LogP) is 7.58. The maximum Gasteiger partial charge on any atom is 0.163 e. The van der Waals surface area contributed by atoms with Crippen molar-refractivity contribution < 1.29 is 0 Å². The summed E-state index contributed by atoms with van der Waals surface area (Å²) >= 11 is 8.48. The molecule has 4 aromatic rings. The van der Waals surface area contributed by atoms with E-state index < -0.39 is 0 Å². The molecule has 1 aliphatic heterocycles. The van der Waals surface area contributed by atoms with Crippen molar-refractivity contribution in [3.8, 4) is 5.00 Å². The van der Waals surface area contributed by atoms with Crippen LogP contribution in [0.4, 0.5) is 0 Å². The third-order valence-corrected chi connectivity index (χ3v) is 8.01. The standard InChI is InChI=1S/C29H31ClN4S/c1-5-26-28-33-32-19(4)34(28)29-24(27(31-26)23-8-6-7-9-25(23)30)17-22(35-29)15-14-20-10-12-21(13-11-20)16-18(2)3/h6-13,17-18,26H,5,14-16H2,1-4H3. The molecule has 2 aromatic heterocycles. The van der Waals surface area contributed by atoms with E-state index in [2.05, 4.69) is 71.9 Å². The van der Waals surface area contributed by atoms with Crippen molar-refractivity contribution >= 4 is 28.6 Å². The molecule has 4 nitrogen and oxygen atoms in total. The molecule has 1 unspecified atom stereocenters. The lowest BCUT2D eigenvalue weighted by atomic mass is 10.00. The minimum atomic E-state index is -0.0603. The van der Waals surface area contributed by atoms with Gasteiger partial charge in [0.1, 0.15) is 16.9 Å². The zero-order valence-electron chi connectivity index (χ0n) is 20.8. The van der Waals surface area contributed by atoms with Crippen molar-refractivity contribution in [3.63, 3.8) is 0 Å². The number of benzene rings is 2. The van der Waals surface area contributed by atoms with Crippen LogP contribution in [-0.2, 0) is 19.3 Å². The van der Waals surface area contributed by atoms with Gasteiger partial charge in [0, 0.05) is 21.0 Å². The number of fused-ring (bicyclic) bond motifs is 3. The smallest absolute Gasteiger partial charge is 0.163 e. The third kappa shape index (κ3) is 4.85. The molecule has 0 fully saturated rings. The van der Waals surface area contributed by atoms with Crippen molar-refractivity contribution in [1.29, 1.82) is 0 Å². The van der Waals surface area contributed by atoms with Crippen molar-refractivity contribution in [2.24, 2.45) is 10.9 Å². The number of aryl methyl sites for hydroxylation is 3. The average molecular weight is 503 g/mol. The highest BCUT2D eigenvalue weighted by molar-refractivity contribution is 7.15. The molecule has 0 N–H and O–H groups in total. The van der Waals surface area contributed by atoms with Crippen LogP contribution in [0.3, 0.4) is 0 Å². The highest BCUT2D eigenvalue weighted by Gasteiger charge is 2.29. The summed E-state index contributed by atoms with van der Waals surface area (Å²) in [7, 11) is 0. The van der Waals surface area contributed by atoms with E-state index in [0.29, 0.717) is 5.92 Å². The first-order valence-corrected chi connectivity index (χ1v) is 13.6. The molecule has 1 aliphatic rings. The fourth-order valence-electron chi connectivity index (χ4n) is 4.74. The van der Waals surface area contributed by atoms with Crippen LogP contribution >= 0.6 is 22.9 Å². The second kappa shape index (κ2) is 10.1. The van der Waals surface area contributed by atoms with E-state index in [1.807, 2.05) is 36.5 Å². The van der Waals surface area contributed by atoms with E-state index in [4.69, 9.17) is 16.6 Å². The van der Waals surface area contributed by atoms with Crippen LogP contribution < -0.4 is 0 Å². The van der Waals surface area contributed by atoms with E-state index in [1.54, 1.807) is 0 Å². The van der Waals surface area contributed by atoms with Crippen LogP contribution in [0.5, 0.6) is 0 Å². The average Bonchev–Trinajstić information content (AvgIpc) is 3.40. The molecule has 6 heteroatoms. The van der Waals surface area contributed by atoms with E-state index >= 15 is 0 Å². The van der Waals surface area contributed by atoms with E-state index in [0.717, 1.165) is 64.2 Å². The van der Waals surface area contributed by atoms with Crippen LogP contribution in [-0.4, -0.2) is 20.5 Å². The van der Waals surface area contributed by atoms with E-state index in [1.165, 1.54) is 16.0 Å². The Morgan fingerprint density at radius 3 is 2.43 bits per heavy atom. The number of hydrogen-bond acceptors (Lipinski definition) is 4. The first-order chi connectivity index (χ1) is 16.9. The zero-order chi connectivity index (χ0) is 24.5. The Hall–Kier alpha value is -2.76. The Morgan fingerprint density at radius 1 is 0.971 bits per heavy atom. The molecule has 3 heterocycles. The topological polar surface area (TPSA) is 43.1 Å². The number of aromatic nitrogens is 3. The molecule has 2 aromatic carbocycles. The summed E-state index contributed by atoms with van der Waals surface area (Å²) in [5.74, 6) is 2.47. The van der Waals surface area contributed by atoms with Gasteiger partial charge >= 0.3 is 0 Å². The zero-order valence-corrected chi connectivity index (χ0v) is 22.3. The summed E-state index contributed by atoms with van der Waals surface area (Å²) in [6.45, 7) is 8.69. The number of hydrogen-bond donors (Lipinski definition) is 0. The van der Waals surface area contributed by atoms with Gasteiger partial charge in [-0.2, -0.15) is 0 Å². The summed E-state index contributed by atoms with van der Waals surface area (Å²) in [6, 6.07) is 19.3. The lowest BCUT2D eigenvalue weighted by Gasteiger charge is -2.10. The van der Waals surface area contributed by atoms with Gasteiger partial charge in [-0.1, -0.05) is 74.8 Å². The second-order valence-electron chi connectivity index (χ2n) is 9.67. The predicted molar refractivity (Wildman–Crippen MR) is 146 cm³/mol. The fourth-order valence-corrected chi connectivity index (χ4v) is 6.18. The van der Waals surface area contributed by atoms with Gasteiger partial charge in [0.2, 0.25) is 0 Å². The van der Waals surface area contributed by atoms with E-state index in [-0.39, 0.29) is 6.04 Å². The van der Waals surface area contributed by atoms with Gasteiger partial charge in [-0.05, 0) is 61.8 Å². The Kier molecular flexibility index (Phi) is 6.90. The molecule has 35 heavy (non-hydrogen) atoms. The van der Waals surface area contributed by atoms with Gasteiger partial charge in [-0.3, -0.25) is 9.56 Å². The number of rotatable bonds is 7. The molecule has 0 saturated carbocycles. The van der Waals surface area contributed by atoms with Crippen molar-refractivity contribution in [2.75, 3.05) is 0 Å². The Labute approximate surface area is 216 Å². The van der Waals surface area contributed by atoms with Gasteiger partial charge in [0.25, 0.3) is 0 Å². The second-order valence-corrected chi connectivity index (χ2v) is 11.2. The first kappa shape index (κ1) is 24.0. The maximum atomic E-state index is 6.66. The third-order valence-electron chi connectivity index (χ3n) is 6.50. The lowest BCUT2D eigenvalue weighted by molar-refractivity contribution is 0.641. The van der Waals surface area contributed by atoms with Crippen molar-refractivity contribution in [3.05, 3.63) is 98.4 Å². The number of nitrogens with zero attached hydrogens (tertiary/aromatic N) is 4. The van der Waals surface area contributed by atoms with Gasteiger partial charge in [0.15, 0.2) is 5.82 Å². The molecule has 5 rings (SSSR count). The first-order valence-electron chi connectivity index (χ1n) is 12.4. The molecule has 0 amide bonds. The maximum absolute atomic E-state index is 6.66. The van der Waals surface area contributed by atoms with Crippen molar-refractivity contribution in [1.82, 2.24) is 14.8 Å². The molecular formula is C29H31ClN4S. The van der Waals surface area contributed by atoms with Gasteiger partial charge in [-0.15, -0.1) is 21.5 Å². The molecule has 0 saturated heterocycles. The Morgan fingerprint density at radius 2 is 1.71 bits per heavy atom. The van der Waals surface area contributed by atoms with E-state index in [9.17, 15) is 0 Å². The highest BCUT2D eigenvalue weighted by atomic mass is 35.5. The summed E-state index contributed by atoms with van der Waals surface area (Å²) in [6.07, 6.45) is 3.96. The molecule has 0 bridgehead atoms. The summed E-state index contributed by atoms with van der Waals surface area (Å²) < 4.78 is 2.20. The van der Waals surface area contributed by atoms with Gasteiger partial charge < -0.3 is 0 Å². The van der Waals surface area contributed by atoms with Crippen LogP contribution in [0.1, 0.15) is 72.0 Å².